The summed E-state index contributed by atoms with van der Waals surface area (Å²) < 4.78 is 0. The van der Waals surface area contributed by atoms with Gasteiger partial charge in [0, 0.05) is 31.9 Å². The minimum Gasteiger partial charge on any atom is -0.355 e. The van der Waals surface area contributed by atoms with Crippen LogP contribution < -0.4 is 15.5 Å². The average Bonchev–Trinajstić information content (AvgIpc) is 3.36. The number of hydrogen-bond acceptors (Lipinski definition) is 7. The van der Waals surface area contributed by atoms with Gasteiger partial charge in [0.05, 0.1) is 29.8 Å². The lowest BCUT2D eigenvalue weighted by molar-refractivity contribution is 0.172. The molecule has 3 atom stereocenters. The molecule has 7 rings (SSSR count). The van der Waals surface area contributed by atoms with Gasteiger partial charge in [-0.15, -0.1) is 0 Å². The van der Waals surface area contributed by atoms with E-state index < -0.39 is 0 Å². The topological polar surface area (TPSA) is 83.5 Å². The van der Waals surface area contributed by atoms with E-state index in [1.807, 2.05) is 18.5 Å². The van der Waals surface area contributed by atoms with E-state index in [4.69, 9.17) is 20.7 Å². The number of aromatic nitrogens is 3. The number of rotatable bonds is 1. The van der Waals surface area contributed by atoms with E-state index in [2.05, 4.69) is 20.9 Å². The van der Waals surface area contributed by atoms with Gasteiger partial charge in [-0.2, -0.15) is 0 Å². The number of piperidine rings is 1. The average molecular weight is 416 g/mol. The molecule has 160 valence electrons. The lowest BCUT2D eigenvalue weighted by Crippen LogP contribution is -2.48. The molecule has 31 heavy (non-hydrogen) atoms. The summed E-state index contributed by atoms with van der Waals surface area (Å²) in [5.41, 5.74) is 11.3. The maximum Gasteiger partial charge on any atom is 0.156 e. The van der Waals surface area contributed by atoms with Gasteiger partial charge in [0.2, 0.25) is 0 Å². The van der Waals surface area contributed by atoms with Gasteiger partial charge in [0.25, 0.3) is 0 Å². The zero-order chi connectivity index (χ0) is 20.6. The Morgan fingerprint density at radius 2 is 2.00 bits per heavy atom. The molecule has 3 unspecified atom stereocenters. The van der Waals surface area contributed by atoms with E-state index in [-0.39, 0.29) is 0 Å². The summed E-state index contributed by atoms with van der Waals surface area (Å²) in [4.78, 5) is 24.0. The zero-order valence-electron chi connectivity index (χ0n) is 17.9. The fourth-order valence-corrected chi connectivity index (χ4v) is 6.69. The van der Waals surface area contributed by atoms with Crippen LogP contribution in [0.1, 0.15) is 49.2 Å². The van der Waals surface area contributed by atoms with Crippen LogP contribution in [-0.2, 0) is 13.0 Å². The number of nitrogens with zero attached hydrogens (tertiary/aromatic N) is 6. The molecular formula is C24H29N7. The van der Waals surface area contributed by atoms with Crippen molar-refractivity contribution in [1.29, 1.82) is 0 Å². The molecule has 0 radical (unpaired) electrons. The smallest absolute Gasteiger partial charge is 0.156 e. The first kappa shape index (κ1) is 18.1. The molecule has 7 nitrogen and oxygen atoms in total. The zero-order valence-corrected chi connectivity index (χ0v) is 17.9. The van der Waals surface area contributed by atoms with Crippen LogP contribution in [0.15, 0.2) is 29.5 Å². The number of amidine groups is 1. The minimum atomic E-state index is 0.389. The van der Waals surface area contributed by atoms with Crippen LogP contribution in [0.4, 0.5) is 11.5 Å². The monoisotopic (exact) mass is 415 g/mol. The Kier molecular flexibility index (Phi) is 3.78. The molecule has 2 aromatic rings. The Balaban J connectivity index is 1.10. The van der Waals surface area contributed by atoms with Crippen LogP contribution >= 0.6 is 0 Å². The summed E-state index contributed by atoms with van der Waals surface area (Å²) in [5.74, 6) is 3.70. The van der Waals surface area contributed by atoms with Crippen LogP contribution in [0.3, 0.4) is 0 Å². The van der Waals surface area contributed by atoms with Crippen molar-refractivity contribution < 1.29 is 0 Å². The Morgan fingerprint density at radius 1 is 1.10 bits per heavy atom. The number of pyridine rings is 1. The van der Waals surface area contributed by atoms with Crippen LogP contribution in [0, 0.1) is 17.3 Å². The number of nitrogens with two attached hydrogens (primary N) is 1. The fraction of sp³-hybridized carbons (Fsp3) is 0.583. The van der Waals surface area contributed by atoms with E-state index >= 15 is 0 Å². The number of fused-ring (bicyclic) bond motifs is 3. The molecular weight excluding hydrogens is 386 g/mol. The third-order valence-electron chi connectivity index (χ3n) is 8.53. The molecule has 1 spiro atoms. The fourth-order valence-electron chi connectivity index (χ4n) is 6.69. The first-order valence-electron chi connectivity index (χ1n) is 11.8. The second-order valence-electron chi connectivity index (χ2n) is 10.1. The van der Waals surface area contributed by atoms with Gasteiger partial charge >= 0.3 is 0 Å². The lowest BCUT2D eigenvalue weighted by atomic mass is 9.72. The molecule has 3 fully saturated rings. The van der Waals surface area contributed by atoms with Crippen molar-refractivity contribution in [2.24, 2.45) is 28.0 Å². The van der Waals surface area contributed by atoms with Gasteiger partial charge in [-0.1, -0.05) is 0 Å². The first-order valence-corrected chi connectivity index (χ1v) is 11.8. The summed E-state index contributed by atoms with van der Waals surface area (Å²) in [7, 11) is 0. The van der Waals surface area contributed by atoms with Crippen molar-refractivity contribution in [3.63, 3.8) is 0 Å². The molecule has 0 bridgehead atoms. The molecule has 5 heterocycles. The number of anilines is 2. The van der Waals surface area contributed by atoms with Gasteiger partial charge in [0.1, 0.15) is 11.5 Å². The Hall–Kier alpha value is -2.54. The third-order valence-corrected chi connectivity index (χ3v) is 8.53. The number of hydrogen-bond donors (Lipinski definition) is 1. The predicted molar refractivity (Wildman–Crippen MR) is 120 cm³/mol. The quantitative estimate of drug-likeness (QED) is 0.771. The maximum atomic E-state index is 6.64. The van der Waals surface area contributed by atoms with Crippen LogP contribution in [-0.4, -0.2) is 46.5 Å². The number of aliphatic imine (C=N–C) groups is 1. The largest absolute Gasteiger partial charge is 0.355 e. The standard InChI is InChI=1S/C24H29N7/c25-22-16-11-15(16)12-24(22)5-9-30(10-6-24)20-14-27-21-18(29-20)13-28-23(21)31-8-2-3-17-19(31)4-1-7-26-17/h1,4,7,14-16,22H,2-3,5-6,8-13,25H2. The highest BCUT2D eigenvalue weighted by Crippen LogP contribution is 2.62. The Labute approximate surface area is 182 Å². The SMILES string of the molecule is NC1C2CC2CC12CCN(c1cnc3c(n1)CN=C3N1CCCc3ncccc31)CC2. The maximum absolute atomic E-state index is 6.64. The molecule has 2 aromatic heterocycles. The molecule has 7 heteroatoms. The summed E-state index contributed by atoms with van der Waals surface area (Å²) in [6, 6.07) is 4.57. The van der Waals surface area contributed by atoms with Gasteiger partial charge < -0.3 is 15.5 Å². The van der Waals surface area contributed by atoms with E-state index in [9.17, 15) is 0 Å². The molecule has 2 aliphatic carbocycles. The predicted octanol–water partition coefficient (Wildman–Crippen LogP) is 2.54. The van der Waals surface area contributed by atoms with E-state index in [1.54, 1.807) is 0 Å². The molecule has 1 saturated heterocycles. The highest BCUT2D eigenvalue weighted by atomic mass is 15.3. The molecule has 2 N–H and O–H groups in total. The van der Waals surface area contributed by atoms with Crippen molar-refractivity contribution in [3.05, 3.63) is 41.6 Å². The number of aryl methyl sites for hydroxylation is 1. The van der Waals surface area contributed by atoms with E-state index in [0.29, 0.717) is 18.0 Å². The second kappa shape index (κ2) is 6.48. The van der Waals surface area contributed by atoms with E-state index in [1.165, 1.54) is 31.4 Å². The molecule has 3 aliphatic heterocycles. The van der Waals surface area contributed by atoms with Crippen molar-refractivity contribution in [2.75, 3.05) is 29.4 Å². The Morgan fingerprint density at radius 3 is 2.84 bits per heavy atom. The van der Waals surface area contributed by atoms with Gasteiger partial charge in [0.15, 0.2) is 5.84 Å². The second-order valence-corrected chi connectivity index (χ2v) is 10.1. The molecule has 0 aromatic carbocycles. The molecule has 0 amide bonds. The normalized spacial score (nSPS) is 30.1. The summed E-state index contributed by atoms with van der Waals surface area (Å²) in [5, 5.41) is 0. The highest BCUT2D eigenvalue weighted by Gasteiger charge is 2.59. The third kappa shape index (κ3) is 2.68. The Bertz CT molecular complexity index is 1070. The van der Waals surface area contributed by atoms with Gasteiger partial charge in [-0.05, 0) is 67.9 Å². The minimum absolute atomic E-state index is 0.389. The molecule has 5 aliphatic rings. The van der Waals surface area contributed by atoms with Crippen LogP contribution in [0.2, 0.25) is 0 Å². The van der Waals surface area contributed by atoms with Gasteiger partial charge in [-0.25, -0.2) is 9.97 Å². The highest BCUT2D eigenvalue weighted by molar-refractivity contribution is 6.11. The summed E-state index contributed by atoms with van der Waals surface area (Å²) >= 11 is 0. The van der Waals surface area contributed by atoms with Crippen molar-refractivity contribution >= 4 is 17.3 Å². The van der Waals surface area contributed by atoms with E-state index in [0.717, 1.165) is 73.0 Å². The molecule has 2 saturated carbocycles. The lowest BCUT2D eigenvalue weighted by Gasteiger charge is -2.43. The van der Waals surface area contributed by atoms with Crippen molar-refractivity contribution in [3.8, 4) is 0 Å². The van der Waals surface area contributed by atoms with Crippen molar-refractivity contribution in [1.82, 2.24) is 15.0 Å². The summed E-state index contributed by atoms with van der Waals surface area (Å²) in [6.07, 6.45) is 11.1. The van der Waals surface area contributed by atoms with Crippen molar-refractivity contribution in [2.45, 2.75) is 51.1 Å². The van der Waals surface area contributed by atoms with Gasteiger partial charge in [-0.3, -0.25) is 9.98 Å². The first-order chi connectivity index (χ1) is 15.2. The van der Waals surface area contributed by atoms with Crippen LogP contribution in [0.25, 0.3) is 0 Å². The summed E-state index contributed by atoms with van der Waals surface area (Å²) in [6.45, 7) is 3.65. The van der Waals surface area contributed by atoms with Crippen LogP contribution in [0.5, 0.6) is 0 Å².